The normalized spacial score (nSPS) is 10.9. The first-order chi connectivity index (χ1) is 10.4. The van der Waals surface area contributed by atoms with E-state index in [-0.39, 0.29) is 12.3 Å². The fourth-order valence-electron chi connectivity index (χ4n) is 1.35. The lowest BCUT2D eigenvalue weighted by molar-refractivity contribution is -0.384. The van der Waals surface area contributed by atoms with Crippen LogP contribution in [0.3, 0.4) is 0 Å². The first kappa shape index (κ1) is 17.1. The molecule has 116 valence electrons. The molecule has 0 aliphatic rings. The number of hydrogen-bond acceptors (Lipinski definition) is 7. The Labute approximate surface area is 127 Å². The summed E-state index contributed by atoms with van der Waals surface area (Å²) in [5.74, 6) is -0.425. The molecule has 1 aromatic carbocycles. The summed E-state index contributed by atoms with van der Waals surface area (Å²) in [5.41, 5.74) is 2.41. The van der Waals surface area contributed by atoms with Crippen molar-refractivity contribution < 1.29 is 14.5 Å². The van der Waals surface area contributed by atoms with Gasteiger partial charge >= 0.3 is 5.97 Å². The van der Waals surface area contributed by atoms with Crippen LogP contribution in [0.25, 0.3) is 0 Å². The van der Waals surface area contributed by atoms with Crippen molar-refractivity contribution in [3.8, 4) is 6.07 Å². The van der Waals surface area contributed by atoms with Gasteiger partial charge in [0.1, 0.15) is 6.07 Å². The Morgan fingerprint density at radius 1 is 1.45 bits per heavy atom. The number of nitro benzene ring substituents is 1. The van der Waals surface area contributed by atoms with Gasteiger partial charge in [-0.05, 0) is 24.5 Å². The van der Waals surface area contributed by atoms with Crippen molar-refractivity contribution in [3.63, 3.8) is 0 Å². The van der Waals surface area contributed by atoms with Gasteiger partial charge in [-0.3, -0.25) is 15.5 Å². The molecule has 1 rings (SSSR count). The summed E-state index contributed by atoms with van der Waals surface area (Å²) in [5, 5.41) is 23.1. The second kappa shape index (κ2) is 8.36. The van der Waals surface area contributed by atoms with Gasteiger partial charge in [0.25, 0.3) is 5.69 Å². The van der Waals surface area contributed by atoms with E-state index in [1.165, 1.54) is 24.3 Å². The standard InChI is InChI=1S/C14H16N4O4/c1-10(2)7-8-22-14(19)13(9-15)17-16-11-3-5-12(6-4-11)18(20)21/h3-6,10,16H,7-8H2,1-2H3/b17-13+. The van der Waals surface area contributed by atoms with E-state index < -0.39 is 16.6 Å². The first-order valence-corrected chi connectivity index (χ1v) is 6.59. The van der Waals surface area contributed by atoms with E-state index in [1.807, 2.05) is 13.8 Å². The van der Waals surface area contributed by atoms with Crippen LogP contribution in [0, 0.1) is 27.4 Å². The van der Waals surface area contributed by atoms with Crippen LogP contribution in [0.15, 0.2) is 29.4 Å². The van der Waals surface area contributed by atoms with Gasteiger partial charge in [-0.25, -0.2) is 4.79 Å². The highest BCUT2D eigenvalue weighted by Crippen LogP contribution is 2.15. The van der Waals surface area contributed by atoms with Crippen molar-refractivity contribution in [2.75, 3.05) is 12.0 Å². The quantitative estimate of drug-likeness (QED) is 0.358. The number of hydrogen-bond donors (Lipinski definition) is 1. The highest BCUT2D eigenvalue weighted by atomic mass is 16.6. The highest BCUT2D eigenvalue weighted by Gasteiger charge is 2.13. The molecular formula is C14H16N4O4. The topological polar surface area (TPSA) is 118 Å². The van der Waals surface area contributed by atoms with Gasteiger partial charge in [0.15, 0.2) is 0 Å². The van der Waals surface area contributed by atoms with Gasteiger partial charge in [0, 0.05) is 12.1 Å². The van der Waals surface area contributed by atoms with E-state index in [0.29, 0.717) is 18.0 Å². The summed E-state index contributed by atoms with van der Waals surface area (Å²) in [6.45, 7) is 4.20. The molecule has 8 nitrogen and oxygen atoms in total. The van der Waals surface area contributed by atoms with Gasteiger partial charge in [-0.2, -0.15) is 10.4 Å². The smallest absolute Gasteiger partial charge is 0.369 e. The molecule has 0 heterocycles. The van der Waals surface area contributed by atoms with Crippen LogP contribution in [0.4, 0.5) is 11.4 Å². The number of nitro groups is 1. The Morgan fingerprint density at radius 3 is 2.59 bits per heavy atom. The summed E-state index contributed by atoms with van der Waals surface area (Å²) >= 11 is 0. The zero-order valence-electron chi connectivity index (χ0n) is 12.3. The summed E-state index contributed by atoms with van der Waals surface area (Å²) in [4.78, 5) is 21.6. The molecule has 0 bridgehead atoms. The maximum absolute atomic E-state index is 11.6. The molecule has 0 radical (unpaired) electrons. The van der Waals surface area contributed by atoms with Crippen molar-refractivity contribution in [2.24, 2.45) is 11.0 Å². The molecule has 0 aliphatic carbocycles. The second-order valence-electron chi connectivity index (χ2n) is 4.81. The van der Waals surface area contributed by atoms with Gasteiger partial charge in [0.05, 0.1) is 17.2 Å². The number of anilines is 1. The molecule has 1 N–H and O–H groups in total. The third-order valence-corrected chi connectivity index (χ3v) is 2.60. The monoisotopic (exact) mass is 304 g/mol. The molecular weight excluding hydrogens is 288 g/mol. The van der Waals surface area contributed by atoms with Crippen molar-refractivity contribution in [1.82, 2.24) is 0 Å². The molecule has 0 saturated carbocycles. The lowest BCUT2D eigenvalue weighted by atomic mass is 10.1. The summed E-state index contributed by atoms with van der Waals surface area (Å²) in [6, 6.07) is 7.04. The van der Waals surface area contributed by atoms with Crippen molar-refractivity contribution in [3.05, 3.63) is 34.4 Å². The Morgan fingerprint density at radius 2 is 2.09 bits per heavy atom. The number of hydrazone groups is 1. The Balaban J connectivity index is 2.63. The highest BCUT2D eigenvalue weighted by molar-refractivity contribution is 6.43. The van der Waals surface area contributed by atoms with Gasteiger partial charge in [-0.15, -0.1) is 0 Å². The zero-order chi connectivity index (χ0) is 16.5. The van der Waals surface area contributed by atoms with Crippen molar-refractivity contribution in [1.29, 1.82) is 5.26 Å². The maximum atomic E-state index is 11.6. The third-order valence-electron chi connectivity index (χ3n) is 2.60. The van der Waals surface area contributed by atoms with Crippen molar-refractivity contribution in [2.45, 2.75) is 20.3 Å². The van der Waals surface area contributed by atoms with Crippen LogP contribution in [-0.4, -0.2) is 23.2 Å². The van der Waals surface area contributed by atoms with Crippen LogP contribution in [0.1, 0.15) is 20.3 Å². The van der Waals surface area contributed by atoms with Crippen LogP contribution >= 0.6 is 0 Å². The van der Waals surface area contributed by atoms with E-state index in [4.69, 9.17) is 10.00 Å². The molecule has 0 unspecified atom stereocenters. The SMILES string of the molecule is CC(C)CCOC(=O)/C(C#N)=N/Nc1ccc([N+](=O)[O-])cc1. The van der Waals surface area contributed by atoms with Crippen LogP contribution in [-0.2, 0) is 9.53 Å². The minimum atomic E-state index is -0.808. The fraction of sp³-hybridized carbons (Fsp3) is 0.357. The molecule has 22 heavy (non-hydrogen) atoms. The fourth-order valence-corrected chi connectivity index (χ4v) is 1.35. The van der Waals surface area contributed by atoms with Crippen LogP contribution < -0.4 is 5.43 Å². The number of ether oxygens (including phenoxy) is 1. The van der Waals surface area contributed by atoms with E-state index in [9.17, 15) is 14.9 Å². The molecule has 0 amide bonds. The predicted octanol–water partition coefficient (Wildman–Crippen LogP) is 2.48. The number of rotatable bonds is 7. The van der Waals surface area contributed by atoms with E-state index >= 15 is 0 Å². The predicted molar refractivity (Wildman–Crippen MR) is 80.2 cm³/mol. The zero-order valence-corrected chi connectivity index (χ0v) is 12.3. The van der Waals surface area contributed by atoms with E-state index in [0.717, 1.165) is 0 Å². The molecule has 0 saturated heterocycles. The van der Waals surface area contributed by atoms with Gasteiger partial charge in [0.2, 0.25) is 5.71 Å². The Kier molecular flexibility index (Phi) is 6.50. The van der Waals surface area contributed by atoms with E-state index in [1.54, 1.807) is 6.07 Å². The number of nitrogens with one attached hydrogen (secondary N) is 1. The number of carbonyl (C=O) groups excluding carboxylic acids is 1. The molecule has 0 spiro atoms. The molecule has 0 aliphatic heterocycles. The lowest BCUT2D eigenvalue weighted by Crippen LogP contribution is -2.18. The number of carbonyl (C=O) groups is 1. The number of esters is 1. The largest absolute Gasteiger partial charge is 0.460 e. The van der Waals surface area contributed by atoms with Crippen molar-refractivity contribution >= 4 is 23.1 Å². The summed E-state index contributed by atoms with van der Waals surface area (Å²) in [6.07, 6.45) is 0.695. The Hall–Kier alpha value is -2.95. The Bertz CT molecular complexity index is 602. The average molecular weight is 304 g/mol. The number of non-ortho nitro benzene ring substituents is 1. The minimum absolute atomic E-state index is 0.0665. The molecule has 8 heteroatoms. The summed E-state index contributed by atoms with van der Waals surface area (Å²) < 4.78 is 4.92. The third kappa shape index (κ3) is 5.58. The van der Waals surface area contributed by atoms with Crippen LogP contribution in [0.5, 0.6) is 0 Å². The lowest BCUT2D eigenvalue weighted by Gasteiger charge is -2.05. The first-order valence-electron chi connectivity index (χ1n) is 6.59. The summed E-state index contributed by atoms with van der Waals surface area (Å²) in [7, 11) is 0. The molecule has 0 fully saturated rings. The van der Waals surface area contributed by atoms with E-state index in [2.05, 4.69) is 10.5 Å². The average Bonchev–Trinajstić information content (AvgIpc) is 2.48. The van der Waals surface area contributed by atoms with Gasteiger partial charge < -0.3 is 4.74 Å². The number of nitriles is 1. The number of benzene rings is 1. The second-order valence-corrected chi connectivity index (χ2v) is 4.81. The van der Waals surface area contributed by atoms with Crippen LogP contribution in [0.2, 0.25) is 0 Å². The number of nitrogens with zero attached hydrogens (tertiary/aromatic N) is 3. The van der Waals surface area contributed by atoms with Gasteiger partial charge in [-0.1, -0.05) is 13.8 Å². The molecule has 0 atom stereocenters. The molecule has 0 aromatic heterocycles. The minimum Gasteiger partial charge on any atom is -0.460 e. The maximum Gasteiger partial charge on any atom is 0.369 e. The molecule has 1 aromatic rings.